The van der Waals surface area contributed by atoms with E-state index in [9.17, 15) is 10.0 Å². The molecule has 0 spiro atoms. The largest absolute Gasteiger partial charge is 0.491 e. The molecule has 2 aromatic carbocycles. The van der Waals surface area contributed by atoms with Crippen LogP contribution in [0.15, 0.2) is 83.6 Å². The first-order chi connectivity index (χ1) is 15.2. The summed E-state index contributed by atoms with van der Waals surface area (Å²) in [4.78, 5) is 0. The van der Waals surface area contributed by atoms with Crippen LogP contribution in [-0.4, -0.2) is 37.1 Å². The highest BCUT2D eigenvalue weighted by Crippen LogP contribution is 2.09. The first kappa shape index (κ1) is 21.9. The molecular weight excluding hydrogens is 426 g/mol. The molecule has 0 aliphatic carbocycles. The Hall–Kier alpha value is -2.35. The Morgan fingerprint density at radius 2 is 1.23 bits per heavy atom. The minimum atomic E-state index is -0.602. The van der Waals surface area contributed by atoms with Crippen LogP contribution in [-0.2, 0) is 11.3 Å². The van der Waals surface area contributed by atoms with Crippen LogP contribution in [0.2, 0.25) is 0 Å². The second-order valence-corrected chi connectivity index (χ2v) is 9.01. The number of hydrogen-bond acceptors (Lipinski definition) is 6. The predicted molar refractivity (Wildman–Crippen MR) is 131 cm³/mol. The molecule has 4 rings (SSSR count). The van der Waals surface area contributed by atoms with Crippen molar-refractivity contribution in [1.29, 1.82) is 0 Å². The van der Waals surface area contributed by atoms with Crippen molar-refractivity contribution >= 4 is 57.0 Å². The Bertz CT molecular complexity index is 951. The maximum atomic E-state index is 10.4. The average molecular weight is 448 g/mol. The van der Waals surface area contributed by atoms with Crippen LogP contribution < -0.4 is 25.2 Å². The van der Waals surface area contributed by atoms with Crippen LogP contribution in [0.25, 0.3) is 0 Å². The lowest BCUT2D eigenvalue weighted by molar-refractivity contribution is 0.0889. The SMILES string of the molecule is OB(c1ccc(COCCOc2ccc(B(O)c3cccs3)cc2)cc1)c1cccs1. The van der Waals surface area contributed by atoms with E-state index < -0.39 is 13.8 Å². The van der Waals surface area contributed by atoms with Crippen molar-refractivity contribution in [3.8, 4) is 5.75 Å². The van der Waals surface area contributed by atoms with Gasteiger partial charge in [-0.1, -0.05) is 60.7 Å². The van der Waals surface area contributed by atoms with Crippen molar-refractivity contribution in [3.63, 3.8) is 0 Å². The smallest absolute Gasteiger partial charge is 0.369 e. The first-order valence-corrected chi connectivity index (χ1v) is 11.8. The van der Waals surface area contributed by atoms with Gasteiger partial charge in [0.2, 0.25) is 0 Å². The molecule has 0 bridgehead atoms. The summed E-state index contributed by atoms with van der Waals surface area (Å²) in [5, 5.41) is 24.6. The number of thiophene rings is 2. The van der Waals surface area contributed by atoms with E-state index in [2.05, 4.69) is 0 Å². The number of rotatable bonds is 10. The van der Waals surface area contributed by atoms with E-state index in [1.54, 1.807) is 11.3 Å². The van der Waals surface area contributed by atoms with Gasteiger partial charge < -0.3 is 19.5 Å². The highest BCUT2D eigenvalue weighted by Gasteiger charge is 2.18. The van der Waals surface area contributed by atoms with Crippen LogP contribution in [0.1, 0.15) is 5.56 Å². The second-order valence-electron chi connectivity index (χ2n) is 7.05. The van der Waals surface area contributed by atoms with Crippen molar-refractivity contribution in [2.45, 2.75) is 6.61 Å². The molecule has 4 nitrogen and oxygen atoms in total. The molecule has 0 saturated carbocycles. The summed E-state index contributed by atoms with van der Waals surface area (Å²) >= 11 is 3.09. The zero-order chi connectivity index (χ0) is 21.5. The van der Waals surface area contributed by atoms with Gasteiger partial charge in [0.25, 0.3) is 0 Å². The van der Waals surface area contributed by atoms with Crippen molar-refractivity contribution in [2.75, 3.05) is 13.2 Å². The molecule has 156 valence electrons. The number of ether oxygens (including phenoxy) is 2. The lowest BCUT2D eigenvalue weighted by Gasteiger charge is -2.10. The summed E-state index contributed by atoms with van der Waals surface area (Å²) < 4.78 is 13.3. The quantitative estimate of drug-likeness (QED) is 0.286. The fourth-order valence-electron chi connectivity index (χ4n) is 3.17. The Morgan fingerprint density at radius 3 is 1.74 bits per heavy atom. The Labute approximate surface area is 191 Å². The summed E-state index contributed by atoms with van der Waals surface area (Å²) in [7, 11) is 0. The molecule has 31 heavy (non-hydrogen) atoms. The lowest BCUT2D eigenvalue weighted by Crippen LogP contribution is -2.40. The molecule has 2 aromatic heterocycles. The molecule has 0 unspecified atom stereocenters. The second kappa shape index (κ2) is 10.8. The molecule has 0 amide bonds. The summed E-state index contributed by atoms with van der Waals surface area (Å²) in [6.07, 6.45) is 0. The van der Waals surface area contributed by atoms with Gasteiger partial charge in [-0.15, -0.1) is 0 Å². The van der Waals surface area contributed by atoms with Crippen LogP contribution >= 0.6 is 22.7 Å². The van der Waals surface area contributed by atoms with Crippen molar-refractivity contribution < 1.29 is 19.5 Å². The van der Waals surface area contributed by atoms with E-state index in [0.29, 0.717) is 19.8 Å². The van der Waals surface area contributed by atoms with Gasteiger partial charge in [-0.25, -0.2) is 0 Å². The van der Waals surface area contributed by atoms with Crippen molar-refractivity contribution in [1.82, 2.24) is 0 Å². The van der Waals surface area contributed by atoms with Gasteiger partial charge in [-0.3, -0.25) is 0 Å². The molecular formula is C23H22B2O4S2. The lowest BCUT2D eigenvalue weighted by atomic mass is 9.60. The molecule has 4 aromatic rings. The zero-order valence-electron chi connectivity index (χ0n) is 16.9. The van der Waals surface area contributed by atoms with Gasteiger partial charge in [-0.05, 0) is 39.4 Å². The highest BCUT2D eigenvalue weighted by molar-refractivity contribution is 7.23. The third-order valence-corrected chi connectivity index (χ3v) is 6.73. The summed E-state index contributed by atoms with van der Waals surface area (Å²) in [6.45, 7) is 0.225. The molecule has 0 radical (unpaired) electrons. The Balaban J connectivity index is 1.18. The number of hydrogen-bond donors (Lipinski definition) is 2. The fraction of sp³-hybridized carbons (Fsp3) is 0.130. The van der Waals surface area contributed by atoms with Crippen LogP contribution in [0.3, 0.4) is 0 Å². The average Bonchev–Trinajstić information content (AvgIpc) is 3.53. The first-order valence-electron chi connectivity index (χ1n) is 10.0. The van der Waals surface area contributed by atoms with E-state index in [1.807, 2.05) is 83.6 Å². The zero-order valence-corrected chi connectivity index (χ0v) is 18.5. The minimum Gasteiger partial charge on any atom is -0.491 e. The predicted octanol–water partition coefficient (Wildman–Crippen LogP) is 1.60. The molecule has 0 aliphatic heterocycles. The van der Waals surface area contributed by atoms with Crippen molar-refractivity contribution in [3.05, 3.63) is 89.1 Å². The monoisotopic (exact) mass is 448 g/mol. The maximum Gasteiger partial charge on any atom is 0.369 e. The van der Waals surface area contributed by atoms with E-state index in [1.165, 1.54) is 11.3 Å². The summed E-state index contributed by atoms with van der Waals surface area (Å²) in [5.74, 6) is 0.748. The van der Waals surface area contributed by atoms with E-state index in [4.69, 9.17) is 9.47 Å². The molecule has 0 atom stereocenters. The topological polar surface area (TPSA) is 58.9 Å². The van der Waals surface area contributed by atoms with Crippen molar-refractivity contribution in [2.24, 2.45) is 0 Å². The third-order valence-electron chi connectivity index (χ3n) is 4.88. The third kappa shape index (κ3) is 5.87. The summed E-state index contributed by atoms with van der Waals surface area (Å²) in [5.41, 5.74) is 2.77. The van der Waals surface area contributed by atoms with Gasteiger partial charge in [-0.2, -0.15) is 22.7 Å². The highest BCUT2D eigenvalue weighted by atomic mass is 32.1. The molecule has 2 heterocycles. The van der Waals surface area contributed by atoms with Gasteiger partial charge >= 0.3 is 13.8 Å². The van der Waals surface area contributed by atoms with Gasteiger partial charge in [0.05, 0.1) is 13.2 Å². The van der Waals surface area contributed by atoms with Gasteiger partial charge in [0.1, 0.15) is 12.4 Å². The number of benzene rings is 2. The minimum absolute atomic E-state index is 0.446. The van der Waals surface area contributed by atoms with E-state index >= 15 is 0 Å². The summed E-state index contributed by atoms with van der Waals surface area (Å²) in [6, 6.07) is 23.1. The van der Waals surface area contributed by atoms with Crippen LogP contribution in [0.5, 0.6) is 5.75 Å². The molecule has 0 fully saturated rings. The van der Waals surface area contributed by atoms with Gasteiger partial charge in [0.15, 0.2) is 0 Å². The fourth-order valence-corrected chi connectivity index (χ4v) is 4.65. The van der Waals surface area contributed by atoms with Crippen LogP contribution in [0, 0.1) is 0 Å². The standard InChI is InChI=1S/C23H22B2O4S2/c26-24(22-3-1-15-30-22)19-7-5-18(6-8-19)17-28-13-14-29-21-11-9-20(10-12-21)25(27)23-4-2-16-31-23/h1-12,15-16,26-27H,13-14,17H2. The molecule has 0 saturated heterocycles. The van der Waals surface area contributed by atoms with E-state index in [-0.39, 0.29) is 0 Å². The maximum absolute atomic E-state index is 10.4. The Kier molecular flexibility index (Phi) is 7.61. The normalized spacial score (nSPS) is 10.8. The van der Waals surface area contributed by atoms with E-state index in [0.717, 1.165) is 31.8 Å². The molecule has 0 aliphatic rings. The van der Waals surface area contributed by atoms with Crippen LogP contribution in [0.4, 0.5) is 0 Å². The molecule has 2 N–H and O–H groups in total. The molecule has 8 heteroatoms. The Morgan fingerprint density at radius 1 is 0.677 bits per heavy atom. The van der Waals surface area contributed by atoms with Gasteiger partial charge in [0, 0.05) is 9.55 Å².